The summed E-state index contributed by atoms with van der Waals surface area (Å²) in [4.78, 5) is 25.0. The number of nitrogens with zero attached hydrogens (tertiary/aromatic N) is 1. The van der Waals surface area contributed by atoms with Crippen LogP contribution in [0.25, 0.3) is 10.8 Å². The van der Waals surface area contributed by atoms with Crippen molar-refractivity contribution >= 4 is 28.9 Å². The largest absolute Gasteiger partial charge is 0.497 e. The Bertz CT molecular complexity index is 1360. The predicted molar refractivity (Wildman–Crippen MR) is 130 cm³/mol. The highest BCUT2D eigenvalue weighted by atomic mass is 16.6. The van der Waals surface area contributed by atoms with Gasteiger partial charge in [0.25, 0.3) is 5.91 Å². The molecule has 0 aliphatic rings. The molecule has 0 radical (unpaired) electrons. The Balaban J connectivity index is 1.45. The van der Waals surface area contributed by atoms with E-state index in [0.29, 0.717) is 28.2 Å². The number of hydrogen-bond donors (Lipinski definition) is 1. The topological polar surface area (TPSA) is 86.2 Å². The van der Waals surface area contributed by atoms with E-state index in [0.717, 1.165) is 10.8 Å². The minimum absolute atomic E-state index is 0.230. The Labute approximate surface area is 196 Å². The van der Waals surface area contributed by atoms with E-state index in [-0.39, 0.29) is 11.7 Å². The van der Waals surface area contributed by atoms with Crippen LogP contribution in [0, 0.1) is 0 Å². The van der Waals surface area contributed by atoms with Gasteiger partial charge < -0.3 is 14.2 Å². The summed E-state index contributed by atoms with van der Waals surface area (Å²) in [6, 6.07) is 24.8. The van der Waals surface area contributed by atoms with Gasteiger partial charge in [0.2, 0.25) is 0 Å². The molecule has 0 atom stereocenters. The van der Waals surface area contributed by atoms with Crippen LogP contribution in [0.1, 0.15) is 26.3 Å². The molecular weight excluding hydrogens is 432 g/mol. The number of nitrogens with one attached hydrogen (secondary N) is 1. The van der Waals surface area contributed by atoms with E-state index in [9.17, 15) is 9.59 Å². The molecule has 0 aliphatic heterocycles. The highest BCUT2D eigenvalue weighted by molar-refractivity contribution is 5.99. The van der Waals surface area contributed by atoms with E-state index in [2.05, 4.69) is 10.5 Å². The number of ether oxygens (including phenoxy) is 3. The second-order valence-electron chi connectivity index (χ2n) is 7.29. The van der Waals surface area contributed by atoms with Crippen LogP contribution in [-0.2, 0) is 0 Å². The van der Waals surface area contributed by atoms with Crippen LogP contribution in [0.2, 0.25) is 0 Å². The van der Waals surface area contributed by atoms with Gasteiger partial charge in [0.05, 0.1) is 26.0 Å². The summed E-state index contributed by atoms with van der Waals surface area (Å²) in [5.41, 5.74) is 3.99. The van der Waals surface area contributed by atoms with Gasteiger partial charge in [-0.25, -0.2) is 10.2 Å². The van der Waals surface area contributed by atoms with Crippen molar-refractivity contribution in [1.82, 2.24) is 5.43 Å². The Morgan fingerprint density at radius 3 is 2.24 bits per heavy atom. The molecule has 0 bridgehead atoms. The molecule has 4 rings (SSSR count). The molecule has 0 aromatic heterocycles. The summed E-state index contributed by atoms with van der Waals surface area (Å²) in [5.74, 6) is 0.381. The second-order valence-corrected chi connectivity index (χ2v) is 7.29. The molecule has 7 heteroatoms. The maximum Gasteiger partial charge on any atom is 0.343 e. The van der Waals surface area contributed by atoms with Crippen molar-refractivity contribution in [2.75, 3.05) is 14.2 Å². The number of rotatable bonds is 7. The SMILES string of the molecule is COc1ccc(C(=O)Oc2cc(/C=N/NC(=O)c3ccc4ccccc4c3)ccc2OC)cc1. The molecule has 7 nitrogen and oxygen atoms in total. The van der Waals surface area contributed by atoms with Crippen LogP contribution >= 0.6 is 0 Å². The fourth-order valence-corrected chi connectivity index (χ4v) is 3.30. The van der Waals surface area contributed by atoms with Crippen LogP contribution in [0.4, 0.5) is 0 Å². The minimum atomic E-state index is -0.542. The third-order valence-electron chi connectivity index (χ3n) is 5.11. The normalized spacial score (nSPS) is 10.8. The number of amides is 1. The first kappa shape index (κ1) is 22.5. The molecule has 1 amide bonds. The molecule has 0 heterocycles. The first-order valence-corrected chi connectivity index (χ1v) is 10.4. The van der Waals surface area contributed by atoms with Gasteiger partial charge in [-0.05, 0) is 70.9 Å². The lowest BCUT2D eigenvalue weighted by atomic mass is 10.1. The summed E-state index contributed by atoms with van der Waals surface area (Å²) < 4.78 is 15.9. The van der Waals surface area contributed by atoms with E-state index < -0.39 is 5.97 Å². The number of carbonyl (C=O) groups is 2. The molecule has 0 unspecified atom stereocenters. The zero-order chi connectivity index (χ0) is 23.9. The number of fused-ring (bicyclic) bond motifs is 1. The van der Waals surface area contributed by atoms with Crippen molar-refractivity contribution in [2.45, 2.75) is 0 Å². The van der Waals surface area contributed by atoms with Gasteiger partial charge >= 0.3 is 5.97 Å². The van der Waals surface area contributed by atoms with Crippen LogP contribution < -0.4 is 19.6 Å². The number of hydrogen-bond acceptors (Lipinski definition) is 6. The highest BCUT2D eigenvalue weighted by Gasteiger charge is 2.13. The lowest BCUT2D eigenvalue weighted by Gasteiger charge is -2.10. The van der Waals surface area contributed by atoms with E-state index in [1.807, 2.05) is 36.4 Å². The zero-order valence-electron chi connectivity index (χ0n) is 18.6. The fourth-order valence-electron chi connectivity index (χ4n) is 3.30. The Morgan fingerprint density at radius 1 is 0.765 bits per heavy atom. The monoisotopic (exact) mass is 454 g/mol. The number of hydrazone groups is 1. The fraction of sp³-hybridized carbons (Fsp3) is 0.0741. The molecule has 0 saturated heterocycles. The predicted octanol–water partition coefficient (Wildman–Crippen LogP) is 4.84. The quantitative estimate of drug-likeness (QED) is 0.187. The van der Waals surface area contributed by atoms with Crippen LogP contribution in [0.3, 0.4) is 0 Å². The van der Waals surface area contributed by atoms with Crippen molar-refractivity contribution in [3.63, 3.8) is 0 Å². The molecule has 0 aliphatic carbocycles. The smallest absolute Gasteiger partial charge is 0.343 e. The molecule has 4 aromatic rings. The van der Waals surface area contributed by atoms with Gasteiger partial charge in [0.1, 0.15) is 5.75 Å². The summed E-state index contributed by atoms with van der Waals surface area (Å²) >= 11 is 0. The number of benzene rings is 4. The third kappa shape index (κ3) is 5.21. The molecular formula is C27H22N2O5. The first-order valence-electron chi connectivity index (χ1n) is 10.4. The van der Waals surface area contributed by atoms with E-state index in [1.54, 1.807) is 55.6 Å². The first-order chi connectivity index (χ1) is 16.6. The van der Waals surface area contributed by atoms with Crippen LogP contribution in [0.5, 0.6) is 17.2 Å². The molecule has 0 fully saturated rings. The van der Waals surface area contributed by atoms with Gasteiger partial charge in [-0.3, -0.25) is 4.79 Å². The van der Waals surface area contributed by atoms with Crippen molar-refractivity contribution in [1.29, 1.82) is 0 Å². The van der Waals surface area contributed by atoms with Gasteiger partial charge in [-0.15, -0.1) is 0 Å². The summed E-state index contributed by atoms with van der Waals surface area (Å²) in [5, 5.41) is 6.05. The van der Waals surface area contributed by atoms with E-state index >= 15 is 0 Å². The Morgan fingerprint density at radius 2 is 1.50 bits per heavy atom. The maximum absolute atomic E-state index is 12.5. The number of carbonyl (C=O) groups excluding carboxylic acids is 2. The summed E-state index contributed by atoms with van der Waals surface area (Å²) in [7, 11) is 3.03. The van der Waals surface area contributed by atoms with E-state index in [4.69, 9.17) is 14.2 Å². The standard InChI is InChI=1S/C27H22N2O5/c1-32-23-12-10-20(11-13-23)27(31)34-25-15-18(7-14-24(25)33-2)17-28-29-26(30)22-9-8-19-5-3-4-6-21(19)16-22/h3-17H,1-2H3,(H,29,30)/b28-17+. The Kier molecular flexibility index (Phi) is 6.84. The molecule has 34 heavy (non-hydrogen) atoms. The molecule has 4 aromatic carbocycles. The van der Waals surface area contributed by atoms with Crippen molar-refractivity contribution in [3.8, 4) is 17.2 Å². The van der Waals surface area contributed by atoms with Gasteiger partial charge in [-0.1, -0.05) is 30.3 Å². The molecule has 1 N–H and O–H groups in total. The minimum Gasteiger partial charge on any atom is -0.497 e. The molecule has 0 spiro atoms. The summed E-state index contributed by atoms with van der Waals surface area (Å²) in [6.45, 7) is 0. The van der Waals surface area contributed by atoms with Crippen molar-refractivity contribution < 1.29 is 23.8 Å². The number of esters is 1. The lowest BCUT2D eigenvalue weighted by molar-refractivity contribution is 0.0729. The average molecular weight is 454 g/mol. The second kappa shape index (κ2) is 10.3. The Hall–Kier alpha value is -4.65. The maximum atomic E-state index is 12.5. The van der Waals surface area contributed by atoms with Crippen LogP contribution in [-0.4, -0.2) is 32.3 Å². The average Bonchev–Trinajstić information content (AvgIpc) is 2.88. The number of methoxy groups -OCH3 is 2. The van der Waals surface area contributed by atoms with Gasteiger partial charge in [0.15, 0.2) is 11.5 Å². The van der Waals surface area contributed by atoms with E-state index in [1.165, 1.54) is 13.3 Å². The van der Waals surface area contributed by atoms with Crippen molar-refractivity contribution in [2.24, 2.45) is 5.10 Å². The third-order valence-corrected chi connectivity index (χ3v) is 5.11. The molecule has 0 saturated carbocycles. The van der Waals surface area contributed by atoms with Crippen LogP contribution in [0.15, 0.2) is 90.0 Å². The summed E-state index contributed by atoms with van der Waals surface area (Å²) in [6.07, 6.45) is 1.46. The molecule has 170 valence electrons. The highest BCUT2D eigenvalue weighted by Crippen LogP contribution is 2.28. The van der Waals surface area contributed by atoms with Gasteiger partial charge in [0, 0.05) is 5.56 Å². The lowest BCUT2D eigenvalue weighted by Crippen LogP contribution is -2.17. The zero-order valence-corrected chi connectivity index (χ0v) is 18.6. The van der Waals surface area contributed by atoms with Crippen molar-refractivity contribution in [3.05, 3.63) is 102 Å². The van der Waals surface area contributed by atoms with Gasteiger partial charge in [-0.2, -0.15) is 5.10 Å².